The van der Waals surface area contributed by atoms with Gasteiger partial charge in [0.1, 0.15) is 0 Å². The Labute approximate surface area is 206 Å². The van der Waals surface area contributed by atoms with Crippen LogP contribution in [0.2, 0.25) is 0 Å². The average Bonchev–Trinajstić information content (AvgIpc) is 2.87. The van der Waals surface area contributed by atoms with Crippen molar-refractivity contribution in [3.05, 3.63) is 108 Å². The molecule has 1 aliphatic heterocycles. The van der Waals surface area contributed by atoms with Gasteiger partial charge in [0.15, 0.2) is 0 Å². The van der Waals surface area contributed by atoms with Crippen LogP contribution >= 0.6 is 8.58 Å². The predicted molar refractivity (Wildman–Crippen MR) is 146 cm³/mol. The average molecular weight is 474 g/mol. The maximum Gasteiger partial charge on any atom is 0.0544 e. The van der Waals surface area contributed by atoms with Crippen LogP contribution in [0.15, 0.2) is 102 Å². The van der Waals surface area contributed by atoms with E-state index in [2.05, 4.69) is 74.7 Å². The highest BCUT2D eigenvalue weighted by Gasteiger charge is 2.15. The molecule has 0 aliphatic carbocycles. The SMILES string of the molecule is C=C/C=C(/CN(CCN(CC1=CC=CCP1)Cc1ccccn1)Cc1ccccn1)N=CCC. The van der Waals surface area contributed by atoms with Crippen molar-refractivity contribution >= 4 is 14.8 Å². The summed E-state index contributed by atoms with van der Waals surface area (Å²) in [5.41, 5.74) is 3.19. The van der Waals surface area contributed by atoms with E-state index in [4.69, 9.17) is 0 Å². The first kappa shape index (κ1) is 25.9. The van der Waals surface area contributed by atoms with Gasteiger partial charge < -0.3 is 0 Å². The maximum absolute atomic E-state index is 4.67. The summed E-state index contributed by atoms with van der Waals surface area (Å²) in [6, 6.07) is 12.3. The molecule has 0 N–H and O–H groups in total. The number of hydrogen-bond donors (Lipinski definition) is 0. The Hall–Kier alpha value is -2.72. The van der Waals surface area contributed by atoms with Crippen LogP contribution in [0.4, 0.5) is 0 Å². The second-order valence-electron chi connectivity index (χ2n) is 8.18. The molecule has 1 aliphatic rings. The van der Waals surface area contributed by atoms with Crippen LogP contribution in [-0.4, -0.2) is 58.3 Å². The summed E-state index contributed by atoms with van der Waals surface area (Å²) in [5, 5.41) is 1.51. The minimum atomic E-state index is 0.754. The van der Waals surface area contributed by atoms with Crippen molar-refractivity contribution in [3.63, 3.8) is 0 Å². The Morgan fingerprint density at radius 3 is 2.32 bits per heavy atom. The van der Waals surface area contributed by atoms with Gasteiger partial charge in [-0.3, -0.25) is 24.8 Å². The Morgan fingerprint density at radius 2 is 1.74 bits per heavy atom. The molecule has 5 nitrogen and oxygen atoms in total. The third-order valence-corrected chi connectivity index (χ3v) is 6.58. The fraction of sp³-hybridized carbons (Fsp3) is 0.321. The van der Waals surface area contributed by atoms with Gasteiger partial charge in [-0.05, 0) is 48.2 Å². The van der Waals surface area contributed by atoms with E-state index in [0.717, 1.165) is 77.5 Å². The first-order valence-electron chi connectivity index (χ1n) is 11.9. The minimum Gasteiger partial charge on any atom is -0.292 e. The molecule has 0 saturated heterocycles. The summed E-state index contributed by atoms with van der Waals surface area (Å²) in [4.78, 5) is 18.7. The molecular weight excluding hydrogens is 437 g/mol. The zero-order valence-electron chi connectivity index (χ0n) is 20.2. The molecule has 2 aromatic rings. The second kappa shape index (κ2) is 15.2. The van der Waals surface area contributed by atoms with Gasteiger partial charge in [0.25, 0.3) is 0 Å². The topological polar surface area (TPSA) is 44.6 Å². The maximum atomic E-state index is 4.67. The first-order chi connectivity index (χ1) is 16.8. The Bertz CT molecular complexity index is 982. The number of nitrogens with zero attached hydrogens (tertiary/aromatic N) is 5. The molecule has 0 radical (unpaired) electrons. The molecule has 0 amide bonds. The molecule has 0 fully saturated rings. The number of aliphatic imine (C=N–C) groups is 1. The molecule has 1 unspecified atom stereocenters. The largest absolute Gasteiger partial charge is 0.292 e. The van der Waals surface area contributed by atoms with Crippen molar-refractivity contribution in [2.45, 2.75) is 26.4 Å². The molecule has 1 atom stereocenters. The van der Waals surface area contributed by atoms with Crippen LogP contribution in [-0.2, 0) is 13.1 Å². The predicted octanol–water partition coefficient (Wildman–Crippen LogP) is 5.46. The number of hydrogen-bond acceptors (Lipinski definition) is 5. The number of allylic oxidation sites excluding steroid dienone is 5. The van der Waals surface area contributed by atoms with E-state index in [1.165, 1.54) is 5.31 Å². The smallest absolute Gasteiger partial charge is 0.0544 e. The number of rotatable bonds is 14. The van der Waals surface area contributed by atoms with Crippen molar-refractivity contribution in [2.24, 2.45) is 4.99 Å². The minimum absolute atomic E-state index is 0.754. The van der Waals surface area contributed by atoms with Crippen molar-refractivity contribution in [3.8, 4) is 0 Å². The summed E-state index contributed by atoms with van der Waals surface area (Å²) < 4.78 is 0. The van der Waals surface area contributed by atoms with Gasteiger partial charge in [-0.1, -0.05) is 58.5 Å². The van der Waals surface area contributed by atoms with Crippen LogP contribution < -0.4 is 0 Å². The van der Waals surface area contributed by atoms with Gasteiger partial charge in [0.05, 0.1) is 17.1 Å². The van der Waals surface area contributed by atoms with E-state index in [1.807, 2.05) is 49.0 Å². The molecule has 0 aromatic carbocycles. The standard InChI is InChI=1S/C28H36N5P/c1-3-11-25(29-15-4-2)21-32(22-26-12-5-8-16-30-26)18-19-33(23-27-13-6-9-17-31-27)24-28-14-7-10-20-34-28/h3,5-17,34H,1,4,18-24H2,2H3/b25-11-,29-15?. The highest BCUT2D eigenvalue weighted by molar-refractivity contribution is 7.43. The molecular formula is C28H36N5P. The summed E-state index contributed by atoms with van der Waals surface area (Å²) >= 11 is 0. The van der Waals surface area contributed by atoms with Crippen molar-refractivity contribution in [1.82, 2.24) is 19.8 Å². The van der Waals surface area contributed by atoms with E-state index in [0.29, 0.717) is 0 Å². The second-order valence-corrected chi connectivity index (χ2v) is 9.58. The molecule has 3 rings (SSSR count). The van der Waals surface area contributed by atoms with Crippen molar-refractivity contribution in [1.29, 1.82) is 0 Å². The molecule has 0 saturated carbocycles. The van der Waals surface area contributed by atoms with Crippen LogP contribution in [0.5, 0.6) is 0 Å². The van der Waals surface area contributed by atoms with Gasteiger partial charge in [-0.2, -0.15) is 0 Å². The molecule has 34 heavy (non-hydrogen) atoms. The van der Waals surface area contributed by atoms with Crippen molar-refractivity contribution in [2.75, 3.05) is 32.3 Å². The normalized spacial score (nSPS) is 14.9. The fourth-order valence-electron chi connectivity index (χ4n) is 3.71. The number of aromatic nitrogens is 2. The summed E-state index contributed by atoms with van der Waals surface area (Å²) in [6.07, 6.45) is 18.3. The summed E-state index contributed by atoms with van der Waals surface area (Å²) in [5.74, 6) is 0. The van der Waals surface area contributed by atoms with Crippen LogP contribution in [0.3, 0.4) is 0 Å². The van der Waals surface area contributed by atoms with Crippen molar-refractivity contribution < 1.29 is 0 Å². The highest BCUT2D eigenvalue weighted by Crippen LogP contribution is 2.28. The Morgan fingerprint density at radius 1 is 1.03 bits per heavy atom. The lowest BCUT2D eigenvalue weighted by Gasteiger charge is -2.28. The molecule has 0 spiro atoms. The highest BCUT2D eigenvalue weighted by atomic mass is 31.1. The molecule has 178 valence electrons. The lowest BCUT2D eigenvalue weighted by atomic mass is 10.2. The molecule has 0 bridgehead atoms. The van der Waals surface area contributed by atoms with Gasteiger partial charge in [0, 0.05) is 57.9 Å². The Kier molecular flexibility index (Phi) is 11.6. The van der Waals surface area contributed by atoms with E-state index >= 15 is 0 Å². The lowest BCUT2D eigenvalue weighted by molar-refractivity contribution is 0.211. The Balaban J connectivity index is 1.74. The molecule has 6 heteroatoms. The van der Waals surface area contributed by atoms with Gasteiger partial charge in [0.2, 0.25) is 0 Å². The van der Waals surface area contributed by atoms with Gasteiger partial charge in [-0.15, -0.1) is 0 Å². The van der Waals surface area contributed by atoms with Gasteiger partial charge >= 0.3 is 0 Å². The first-order valence-corrected chi connectivity index (χ1v) is 13.2. The summed E-state index contributed by atoms with van der Waals surface area (Å²) in [6.45, 7) is 11.2. The van der Waals surface area contributed by atoms with Crippen LogP contribution in [0.25, 0.3) is 0 Å². The number of pyridine rings is 2. The third-order valence-electron chi connectivity index (χ3n) is 5.37. The van der Waals surface area contributed by atoms with Gasteiger partial charge in [-0.25, -0.2) is 0 Å². The van der Waals surface area contributed by atoms with E-state index < -0.39 is 0 Å². The van der Waals surface area contributed by atoms with Crippen LogP contribution in [0, 0.1) is 0 Å². The van der Waals surface area contributed by atoms with E-state index in [1.54, 1.807) is 0 Å². The van der Waals surface area contributed by atoms with E-state index in [9.17, 15) is 0 Å². The van der Waals surface area contributed by atoms with Crippen LogP contribution in [0.1, 0.15) is 24.7 Å². The fourth-order valence-corrected chi connectivity index (χ4v) is 4.78. The third kappa shape index (κ3) is 9.64. The summed E-state index contributed by atoms with van der Waals surface area (Å²) in [7, 11) is 0.868. The van der Waals surface area contributed by atoms with E-state index in [-0.39, 0.29) is 0 Å². The lowest BCUT2D eigenvalue weighted by Crippen LogP contribution is -2.36. The monoisotopic (exact) mass is 473 g/mol. The zero-order valence-corrected chi connectivity index (χ0v) is 21.2. The quantitative estimate of drug-likeness (QED) is 0.208. The molecule has 3 heterocycles. The zero-order chi connectivity index (χ0) is 23.8. The molecule has 2 aromatic heterocycles.